The summed E-state index contributed by atoms with van der Waals surface area (Å²) in [5, 5.41) is 0. The van der Waals surface area contributed by atoms with E-state index in [2.05, 4.69) is 0 Å². The molecule has 0 aromatic heterocycles. The number of sulfonamides is 1. The number of allylic oxidation sites excluding steroid dienone is 2. The molecule has 122 valence electrons. The van der Waals surface area contributed by atoms with Crippen molar-refractivity contribution in [1.82, 2.24) is 4.31 Å². The van der Waals surface area contributed by atoms with Crippen molar-refractivity contribution in [3.05, 3.63) is 52.1 Å². The minimum Gasteiger partial charge on any atom is -0.289 e. The molecule has 0 amide bonds. The molecule has 2 aliphatic rings. The predicted molar refractivity (Wildman–Crippen MR) is 89.5 cm³/mol. The monoisotopic (exact) mass is 331 g/mol. The van der Waals surface area contributed by atoms with Gasteiger partial charge >= 0.3 is 0 Å². The molecule has 1 fully saturated rings. The second-order valence-electron chi connectivity index (χ2n) is 6.56. The molecule has 1 aliphatic carbocycles. The smallest absolute Gasteiger partial charge is 0.243 e. The lowest BCUT2D eigenvalue weighted by Crippen LogP contribution is -2.30. The number of hydrogen-bond acceptors (Lipinski definition) is 3. The Bertz CT molecular complexity index is 841. The van der Waals surface area contributed by atoms with Crippen LogP contribution in [-0.2, 0) is 14.8 Å². The van der Waals surface area contributed by atoms with Crippen LogP contribution in [0.2, 0.25) is 0 Å². The maximum Gasteiger partial charge on any atom is 0.243 e. The van der Waals surface area contributed by atoms with Crippen LogP contribution in [0.1, 0.15) is 26.3 Å². The van der Waals surface area contributed by atoms with Crippen LogP contribution >= 0.6 is 0 Å². The lowest BCUT2D eigenvalue weighted by Gasteiger charge is -2.17. The predicted octanol–water partition coefficient (Wildman–Crippen LogP) is 2.85. The molecular formula is C18H21NO3S. The molecule has 0 N–H and O–H groups in total. The number of nitrogens with zero attached hydrogens (tertiary/aromatic N) is 1. The lowest BCUT2D eigenvalue weighted by molar-refractivity contribution is -0.112. The first-order chi connectivity index (χ1) is 10.7. The highest BCUT2D eigenvalue weighted by Gasteiger charge is 2.44. The van der Waals surface area contributed by atoms with E-state index in [1.807, 2.05) is 27.7 Å². The van der Waals surface area contributed by atoms with Gasteiger partial charge in [0.1, 0.15) is 0 Å². The number of carbonyl (C=O) groups is 1. The van der Waals surface area contributed by atoms with Crippen molar-refractivity contribution in [2.45, 2.75) is 32.6 Å². The van der Waals surface area contributed by atoms with Gasteiger partial charge in [0.05, 0.1) is 4.90 Å². The van der Waals surface area contributed by atoms with Crippen LogP contribution in [0.25, 0.3) is 0 Å². The third kappa shape index (κ3) is 2.48. The molecular weight excluding hydrogens is 310 g/mol. The summed E-state index contributed by atoms with van der Waals surface area (Å²) in [7, 11) is -3.52. The van der Waals surface area contributed by atoms with Gasteiger partial charge in [-0.2, -0.15) is 4.31 Å². The summed E-state index contributed by atoms with van der Waals surface area (Å²) in [6.07, 6.45) is 0. The lowest BCUT2D eigenvalue weighted by atomic mass is 9.96. The van der Waals surface area contributed by atoms with E-state index in [0.29, 0.717) is 23.6 Å². The zero-order chi connectivity index (χ0) is 16.9. The summed E-state index contributed by atoms with van der Waals surface area (Å²) < 4.78 is 27.2. The highest BCUT2D eigenvalue weighted by Crippen LogP contribution is 2.42. The van der Waals surface area contributed by atoms with E-state index in [1.165, 1.54) is 4.31 Å². The first kappa shape index (κ1) is 16.1. The van der Waals surface area contributed by atoms with Crippen molar-refractivity contribution in [1.29, 1.82) is 0 Å². The van der Waals surface area contributed by atoms with Gasteiger partial charge in [0.15, 0.2) is 5.78 Å². The number of rotatable bonds is 2. The third-order valence-electron chi connectivity index (χ3n) is 4.77. The van der Waals surface area contributed by atoms with Crippen LogP contribution in [0.15, 0.2) is 51.5 Å². The fourth-order valence-corrected chi connectivity index (χ4v) is 4.88. The van der Waals surface area contributed by atoms with Crippen molar-refractivity contribution in [2.24, 2.45) is 5.92 Å². The van der Waals surface area contributed by atoms with Gasteiger partial charge in [0, 0.05) is 24.6 Å². The van der Waals surface area contributed by atoms with Gasteiger partial charge in [-0.1, -0.05) is 23.3 Å². The average Bonchev–Trinajstić information content (AvgIpc) is 3.00. The molecule has 0 radical (unpaired) electrons. The number of hydrogen-bond donors (Lipinski definition) is 0. The van der Waals surface area contributed by atoms with Crippen LogP contribution in [0.4, 0.5) is 0 Å². The Morgan fingerprint density at radius 2 is 1.74 bits per heavy atom. The second kappa shape index (κ2) is 5.42. The molecule has 1 saturated heterocycles. The highest BCUT2D eigenvalue weighted by molar-refractivity contribution is 7.89. The van der Waals surface area contributed by atoms with Gasteiger partial charge < -0.3 is 0 Å². The maximum absolute atomic E-state index is 12.8. The van der Waals surface area contributed by atoms with Crippen molar-refractivity contribution in [3.63, 3.8) is 0 Å². The molecule has 23 heavy (non-hydrogen) atoms. The highest BCUT2D eigenvalue weighted by atomic mass is 32.2. The fraction of sp³-hybridized carbons (Fsp3) is 0.389. The number of fused-ring (bicyclic) bond motifs is 1. The van der Waals surface area contributed by atoms with Gasteiger partial charge in [-0.25, -0.2) is 8.42 Å². The van der Waals surface area contributed by atoms with Gasteiger partial charge in [-0.15, -0.1) is 0 Å². The molecule has 4 nitrogen and oxygen atoms in total. The summed E-state index contributed by atoms with van der Waals surface area (Å²) in [4.78, 5) is 12.7. The van der Waals surface area contributed by atoms with Crippen LogP contribution in [-0.4, -0.2) is 31.6 Å². The molecule has 1 aromatic rings. The van der Waals surface area contributed by atoms with E-state index in [9.17, 15) is 13.2 Å². The Morgan fingerprint density at radius 1 is 1.13 bits per heavy atom. The quantitative estimate of drug-likeness (QED) is 0.783. The van der Waals surface area contributed by atoms with E-state index in [4.69, 9.17) is 0 Å². The molecule has 0 bridgehead atoms. The summed E-state index contributed by atoms with van der Waals surface area (Å²) >= 11 is 0. The Labute approximate surface area is 137 Å². The maximum atomic E-state index is 12.8. The second-order valence-corrected chi connectivity index (χ2v) is 8.49. The number of carbonyl (C=O) groups excluding carboxylic acids is 1. The third-order valence-corrected chi connectivity index (χ3v) is 6.59. The fourth-order valence-electron chi connectivity index (χ4n) is 3.45. The Kier molecular flexibility index (Phi) is 3.81. The summed E-state index contributed by atoms with van der Waals surface area (Å²) in [6, 6.07) is 6.90. The van der Waals surface area contributed by atoms with E-state index in [-0.39, 0.29) is 11.7 Å². The zero-order valence-corrected chi connectivity index (χ0v) is 14.7. The van der Waals surface area contributed by atoms with Crippen molar-refractivity contribution < 1.29 is 13.2 Å². The van der Waals surface area contributed by atoms with E-state index in [1.54, 1.807) is 24.3 Å². The summed E-state index contributed by atoms with van der Waals surface area (Å²) in [5.74, 6) is 0.00473. The minimum atomic E-state index is -3.52. The number of aryl methyl sites for hydroxylation is 1. The molecule has 3 rings (SSSR count). The van der Waals surface area contributed by atoms with Gasteiger partial charge in [0.2, 0.25) is 10.0 Å². The van der Waals surface area contributed by atoms with Crippen LogP contribution in [0, 0.1) is 12.8 Å². The molecule has 1 unspecified atom stereocenters. The average molecular weight is 331 g/mol. The molecule has 1 aliphatic heterocycles. The van der Waals surface area contributed by atoms with Crippen LogP contribution in [0.3, 0.4) is 0 Å². The topological polar surface area (TPSA) is 54.5 Å². The van der Waals surface area contributed by atoms with Gasteiger partial charge in [0.25, 0.3) is 0 Å². The number of benzene rings is 1. The minimum absolute atomic E-state index is 0.0762. The van der Waals surface area contributed by atoms with Crippen molar-refractivity contribution in [2.75, 3.05) is 13.1 Å². The normalized spacial score (nSPS) is 22.0. The zero-order valence-electron chi connectivity index (χ0n) is 13.9. The SMILES string of the molecule is CC(C)=C1C(=O)C(C)=C2CN(S(=O)(=O)c3ccc(C)cc3)CC21. The Hall–Kier alpha value is -1.72. The van der Waals surface area contributed by atoms with Crippen LogP contribution < -0.4 is 0 Å². The Morgan fingerprint density at radius 3 is 2.30 bits per heavy atom. The van der Waals surface area contributed by atoms with Crippen molar-refractivity contribution in [3.8, 4) is 0 Å². The summed E-state index contributed by atoms with van der Waals surface area (Å²) in [5.41, 5.74) is 4.45. The van der Waals surface area contributed by atoms with E-state index >= 15 is 0 Å². The molecule has 5 heteroatoms. The molecule has 1 aromatic carbocycles. The first-order valence-electron chi connectivity index (χ1n) is 7.72. The van der Waals surface area contributed by atoms with E-state index < -0.39 is 10.0 Å². The molecule has 0 saturated carbocycles. The molecule has 0 spiro atoms. The van der Waals surface area contributed by atoms with Crippen LogP contribution in [0.5, 0.6) is 0 Å². The number of Topliss-reactive ketones (excluding diaryl/α,β-unsaturated/α-hetero) is 1. The first-order valence-corrected chi connectivity index (χ1v) is 9.16. The number of ketones is 1. The largest absolute Gasteiger partial charge is 0.289 e. The van der Waals surface area contributed by atoms with Gasteiger partial charge in [-0.05, 0) is 51.0 Å². The molecule has 1 heterocycles. The van der Waals surface area contributed by atoms with E-state index in [0.717, 1.165) is 22.3 Å². The van der Waals surface area contributed by atoms with Crippen molar-refractivity contribution >= 4 is 15.8 Å². The van der Waals surface area contributed by atoms with Gasteiger partial charge in [-0.3, -0.25) is 4.79 Å². The Balaban J connectivity index is 1.98. The molecule has 1 atom stereocenters. The summed E-state index contributed by atoms with van der Waals surface area (Å²) in [6.45, 7) is 8.24. The standard InChI is InChI=1S/C18H21NO3S/c1-11(2)17-16-10-19(9-15(16)13(4)18(17)20)23(21,22)14-7-5-12(3)6-8-14/h5-8,16H,9-10H2,1-4H3.